The van der Waals surface area contributed by atoms with Gasteiger partial charge in [0.05, 0.1) is 5.41 Å². The van der Waals surface area contributed by atoms with Gasteiger partial charge in [0.2, 0.25) is 0 Å². The zero-order chi connectivity index (χ0) is 14.3. The lowest BCUT2D eigenvalue weighted by atomic mass is 9.78. The highest BCUT2D eigenvalue weighted by Gasteiger charge is 2.51. The number of likely N-dealkylation sites (tertiary alicyclic amines) is 1. The number of hydrogen-bond acceptors (Lipinski definition) is 4. The van der Waals surface area contributed by atoms with E-state index in [9.17, 15) is 9.59 Å². The molecule has 2 fully saturated rings. The minimum absolute atomic E-state index is 0.0499. The molecular formula is C14H23NO4. The number of piperidine rings is 1. The molecule has 0 aromatic heterocycles. The van der Waals surface area contributed by atoms with Crippen LogP contribution in [0.1, 0.15) is 47.0 Å². The first-order chi connectivity index (χ1) is 8.72. The smallest absolute Gasteiger partial charge is 0.410 e. The summed E-state index contributed by atoms with van der Waals surface area (Å²) in [6.45, 7) is 8.51. The third kappa shape index (κ3) is 3.01. The molecule has 0 aliphatic carbocycles. The average molecular weight is 269 g/mol. The van der Waals surface area contributed by atoms with Crippen LogP contribution in [0.2, 0.25) is 0 Å². The van der Waals surface area contributed by atoms with Crippen molar-refractivity contribution >= 4 is 12.1 Å². The van der Waals surface area contributed by atoms with Crippen LogP contribution in [0.15, 0.2) is 0 Å². The zero-order valence-corrected chi connectivity index (χ0v) is 12.2. The van der Waals surface area contributed by atoms with Crippen molar-refractivity contribution in [3.8, 4) is 0 Å². The Morgan fingerprint density at radius 3 is 2.68 bits per heavy atom. The Labute approximate surface area is 114 Å². The number of carbonyl (C=O) groups excluding carboxylic acids is 2. The third-order valence-corrected chi connectivity index (χ3v) is 3.65. The van der Waals surface area contributed by atoms with Gasteiger partial charge in [-0.15, -0.1) is 0 Å². The van der Waals surface area contributed by atoms with Gasteiger partial charge in [-0.05, 0) is 40.5 Å². The van der Waals surface area contributed by atoms with Crippen molar-refractivity contribution < 1.29 is 19.1 Å². The SMILES string of the molecule is C[C@@H]1C[C@]2(CCCN(C(=O)OC(C)(C)C)C2)C(=O)O1. The molecular weight excluding hydrogens is 246 g/mol. The van der Waals surface area contributed by atoms with Crippen LogP contribution in [-0.2, 0) is 14.3 Å². The minimum Gasteiger partial charge on any atom is -0.462 e. The molecule has 2 rings (SSSR count). The number of ether oxygens (including phenoxy) is 2. The molecule has 0 aromatic carbocycles. The number of nitrogens with zero attached hydrogens (tertiary/aromatic N) is 1. The lowest BCUT2D eigenvalue weighted by Gasteiger charge is -2.38. The Balaban J connectivity index is 2.05. The largest absolute Gasteiger partial charge is 0.462 e. The fourth-order valence-corrected chi connectivity index (χ4v) is 2.93. The molecule has 108 valence electrons. The molecule has 5 nitrogen and oxygen atoms in total. The number of rotatable bonds is 0. The molecule has 0 bridgehead atoms. The van der Waals surface area contributed by atoms with Crippen molar-refractivity contribution in [3.63, 3.8) is 0 Å². The Morgan fingerprint density at radius 2 is 2.16 bits per heavy atom. The highest BCUT2D eigenvalue weighted by molar-refractivity contribution is 5.80. The second kappa shape index (κ2) is 4.69. The molecule has 0 aromatic rings. The van der Waals surface area contributed by atoms with Crippen LogP contribution in [0.4, 0.5) is 4.79 Å². The zero-order valence-electron chi connectivity index (χ0n) is 12.2. The topological polar surface area (TPSA) is 55.8 Å². The summed E-state index contributed by atoms with van der Waals surface area (Å²) >= 11 is 0. The lowest BCUT2D eigenvalue weighted by Crippen LogP contribution is -2.49. The summed E-state index contributed by atoms with van der Waals surface area (Å²) < 4.78 is 10.6. The van der Waals surface area contributed by atoms with Crippen molar-refractivity contribution in [3.05, 3.63) is 0 Å². The van der Waals surface area contributed by atoms with E-state index in [2.05, 4.69) is 0 Å². The van der Waals surface area contributed by atoms with Gasteiger partial charge in [-0.2, -0.15) is 0 Å². The van der Waals surface area contributed by atoms with Crippen LogP contribution in [-0.4, -0.2) is 41.8 Å². The Morgan fingerprint density at radius 1 is 1.47 bits per heavy atom. The molecule has 0 saturated carbocycles. The molecule has 19 heavy (non-hydrogen) atoms. The van der Waals surface area contributed by atoms with Crippen molar-refractivity contribution in [2.75, 3.05) is 13.1 Å². The van der Waals surface area contributed by atoms with Crippen LogP contribution in [0, 0.1) is 5.41 Å². The van der Waals surface area contributed by atoms with E-state index in [-0.39, 0.29) is 18.2 Å². The molecule has 0 unspecified atom stereocenters. The van der Waals surface area contributed by atoms with E-state index >= 15 is 0 Å². The van der Waals surface area contributed by atoms with Gasteiger partial charge >= 0.3 is 12.1 Å². The Hall–Kier alpha value is -1.26. The second-order valence-electron chi connectivity index (χ2n) is 6.71. The molecule has 2 heterocycles. The molecule has 2 atom stereocenters. The van der Waals surface area contributed by atoms with Crippen LogP contribution in [0.25, 0.3) is 0 Å². The van der Waals surface area contributed by atoms with E-state index in [4.69, 9.17) is 9.47 Å². The maximum atomic E-state index is 12.1. The average Bonchev–Trinajstić information content (AvgIpc) is 2.51. The van der Waals surface area contributed by atoms with Crippen LogP contribution >= 0.6 is 0 Å². The number of esters is 1. The summed E-state index contributed by atoms with van der Waals surface area (Å²) in [6, 6.07) is 0. The van der Waals surface area contributed by atoms with Crippen LogP contribution in [0.5, 0.6) is 0 Å². The Kier molecular flexibility index (Phi) is 3.49. The normalized spacial score (nSPS) is 31.5. The van der Waals surface area contributed by atoms with E-state index in [0.717, 1.165) is 12.8 Å². The molecule has 0 N–H and O–H groups in total. The van der Waals surface area contributed by atoms with E-state index in [1.54, 1.807) is 4.90 Å². The summed E-state index contributed by atoms with van der Waals surface area (Å²) in [4.78, 5) is 25.8. The summed E-state index contributed by atoms with van der Waals surface area (Å²) in [6.07, 6.45) is 1.94. The highest BCUT2D eigenvalue weighted by atomic mass is 16.6. The van der Waals surface area contributed by atoms with Gasteiger partial charge in [0, 0.05) is 19.5 Å². The fraction of sp³-hybridized carbons (Fsp3) is 0.857. The van der Waals surface area contributed by atoms with Gasteiger partial charge in [0.25, 0.3) is 0 Å². The van der Waals surface area contributed by atoms with Crippen LogP contribution in [0.3, 0.4) is 0 Å². The first kappa shape index (κ1) is 14.2. The van der Waals surface area contributed by atoms with E-state index < -0.39 is 11.0 Å². The first-order valence-electron chi connectivity index (χ1n) is 6.91. The van der Waals surface area contributed by atoms with Crippen molar-refractivity contribution in [2.24, 2.45) is 5.41 Å². The second-order valence-corrected chi connectivity index (χ2v) is 6.71. The van der Waals surface area contributed by atoms with Crippen molar-refractivity contribution in [1.82, 2.24) is 4.90 Å². The fourth-order valence-electron chi connectivity index (χ4n) is 2.93. The molecule has 2 aliphatic rings. The molecule has 0 radical (unpaired) electrons. The molecule has 2 saturated heterocycles. The molecule has 1 amide bonds. The summed E-state index contributed by atoms with van der Waals surface area (Å²) in [7, 11) is 0. The van der Waals surface area contributed by atoms with Gasteiger partial charge < -0.3 is 14.4 Å². The monoisotopic (exact) mass is 269 g/mol. The number of amides is 1. The van der Waals surface area contributed by atoms with Gasteiger partial charge in [0.15, 0.2) is 0 Å². The standard InChI is InChI=1S/C14H23NO4/c1-10-8-14(11(16)18-10)6-5-7-15(9-14)12(17)19-13(2,3)4/h10H,5-9H2,1-4H3/t10-,14+/m1/s1. The number of hydrogen-bond donors (Lipinski definition) is 0. The van der Waals surface area contributed by atoms with E-state index in [1.807, 2.05) is 27.7 Å². The lowest BCUT2D eigenvalue weighted by molar-refractivity contribution is -0.150. The number of cyclic esters (lactones) is 1. The van der Waals surface area contributed by atoms with Gasteiger partial charge in [0.1, 0.15) is 11.7 Å². The van der Waals surface area contributed by atoms with Gasteiger partial charge in [-0.3, -0.25) is 4.79 Å². The van der Waals surface area contributed by atoms with Gasteiger partial charge in [-0.25, -0.2) is 4.79 Å². The molecule has 1 spiro atoms. The summed E-state index contributed by atoms with van der Waals surface area (Å²) in [5.74, 6) is -0.159. The van der Waals surface area contributed by atoms with E-state index in [1.165, 1.54) is 0 Å². The highest BCUT2D eigenvalue weighted by Crippen LogP contribution is 2.41. The van der Waals surface area contributed by atoms with Crippen molar-refractivity contribution in [1.29, 1.82) is 0 Å². The van der Waals surface area contributed by atoms with E-state index in [0.29, 0.717) is 19.5 Å². The van der Waals surface area contributed by atoms with Crippen molar-refractivity contribution in [2.45, 2.75) is 58.7 Å². The summed E-state index contributed by atoms with van der Waals surface area (Å²) in [5.41, 5.74) is -1.01. The maximum Gasteiger partial charge on any atom is 0.410 e. The summed E-state index contributed by atoms with van der Waals surface area (Å²) in [5, 5.41) is 0. The predicted octanol–water partition coefficient (Wildman–Crippen LogP) is 2.34. The number of carbonyl (C=O) groups is 2. The first-order valence-corrected chi connectivity index (χ1v) is 6.91. The molecule has 2 aliphatic heterocycles. The quantitative estimate of drug-likeness (QED) is 0.633. The third-order valence-electron chi connectivity index (χ3n) is 3.65. The Bertz CT molecular complexity index is 387. The molecule has 5 heteroatoms. The van der Waals surface area contributed by atoms with Gasteiger partial charge in [-0.1, -0.05) is 0 Å². The minimum atomic E-state index is -0.509. The maximum absolute atomic E-state index is 12.1. The predicted molar refractivity (Wildman–Crippen MR) is 69.6 cm³/mol. The van der Waals surface area contributed by atoms with Crippen LogP contribution < -0.4 is 0 Å².